The van der Waals surface area contributed by atoms with Crippen molar-refractivity contribution >= 4 is 52.5 Å². The maximum Gasteiger partial charge on any atom is 0.320 e. The van der Waals surface area contributed by atoms with Gasteiger partial charge >= 0.3 is 6.03 Å². The van der Waals surface area contributed by atoms with Crippen molar-refractivity contribution < 1.29 is 19.2 Å². The molecule has 0 radical (unpaired) electrons. The number of fused-ring (bicyclic) bond motifs is 1. The smallest absolute Gasteiger partial charge is 0.320 e. The van der Waals surface area contributed by atoms with E-state index in [0.29, 0.717) is 23.0 Å². The lowest BCUT2D eigenvalue weighted by Gasteiger charge is -2.29. The standard InChI is InChI=1S/C19H18ClN5O4S/c1-9-2-4-14(22-16(9)20)23-19(29)21-6-13-10-7-25(18(28)11(10)8-30-13)12-3-5-15(26)24-17(12)27/h2,4,8,12H,3,5-7H2,1H3,(H,24,26,27)(H2,21,22,23,29). The van der Waals surface area contributed by atoms with Crippen LogP contribution in [0.1, 0.15) is 39.2 Å². The van der Waals surface area contributed by atoms with Crippen LogP contribution in [0.15, 0.2) is 17.5 Å². The first-order chi connectivity index (χ1) is 14.3. The predicted molar refractivity (Wildman–Crippen MR) is 110 cm³/mol. The minimum absolute atomic E-state index is 0.207. The number of aromatic nitrogens is 1. The number of piperidine rings is 1. The predicted octanol–water partition coefficient (Wildman–Crippen LogP) is 2.19. The fraction of sp³-hybridized carbons (Fsp3) is 0.316. The van der Waals surface area contributed by atoms with E-state index < -0.39 is 18.0 Å². The molecule has 0 saturated carbocycles. The summed E-state index contributed by atoms with van der Waals surface area (Å²) in [6.45, 7) is 2.32. The van der Waals surface area contributed by atoms with Crippen molar-refractivity contribution in [1.29, 1.82) is 0 Å². The van der Waals surface area contributed by atoms with Gasteiger partial charge in [0.15, 0.2) is 0 Å². The number of nitrogens with one attached hydrogen (secondary N) is 3. The van der Waals surface area contributed by atoms with Gasteiger partial charge in [0, 0.05) is 23.2 Å². The highest BCUT2D eigenvalue weighted by Gasteiger charge is 2.40. The number of halogens is 1. The lowest BCUT2D eigenvalue weighted by molar-refractivity contribution is -0.136. The molecule has 0 spiro atoms. The van der Waals surface area contributed by atoms with Gasteiger partial charge in [-0.1, -0.05) is 17.7 Å². The number of hydrogen-bond donors (Lipinski definition) is 3. The molecule has 156 valence electrons. The van der Waals surface area contributed by atoms with Crippen molar-refractivity contribution in [1.82, 2.24) is 20.5 Å². The molecule has 2 aromatic rings. The van der Waals surface area contributed by atoms with Gasteiger partial charge in [0.2, 0.25) is 11.8 Å². The van der Waals surface area contributed by atoms with E-state index in [9.17, 15) is 19.2 Å². The first-order valence-corrected chi connectivity index (χ1v) is 10.5. The monoisotopic (exact) mass is 447 g/mol. The number of nitrogens with zero attached hydrogens (tertiary/aromatic N) is 2. The number of aryl methyl sites for hydroxylation is 1. The number of thiophene rings is 1. The van der Waals surface area contributed by atoms with Crippen molar-refractivity contribution in [3.8, 4) is 0 Å². The molecule has 1 saturated heterocycles. The molecule has 30 heavy (non-hydrogen) atoms. The molecule has 2 aromatic heterocycles. The quantitative estimate of drug-likeness (QED) is 0.490. The Hall–Kier alpha value is -2.98. The van der Waals surface area contributed by atoms with Crippen LogP contribution in [-0.2, 0) is 22.7 Å². The van der Waals surface area contributed by atoms with E-state index in [1.807, 2.05) is 6.92 Å². The third kappa shape index (κ3) is 3.88. The van der Waals surface area contributed by atoms with Crippen LogP contribution >= 0.6 is 22.9 Å². The Kier molecular flexibility index (Phi) is 5.44. The number of carbonyl (C=O) groups is 4. The van der Waals surface area contributed by atoms with Crippen molar-refractivity contribution in [2.45, 2.75) is 38.9 Å². The summed E-state index contributed by atoms with van der Waals surface area (Å²) in [5.74, 6) is -0.669. The average Bonchev–Trinajstić information content (AvgIpc) is 3.23. The minimum Gasteiger partial charge on any atom is -0.333 e. The van der Waals surface area contributed by atoms with E-state index in [4.69, 9.17) is 11.6 Å². The summed E-state index contributed by atoms with van der Waals surface area (Å²) in [6.07, 6.45) is 0.519. The third-order valence-corrected chi connectivity index (χ3v) is 6.48. The third-order valence-electron chi connectivity index (χ3n) is 5.07. The van der Waals surface area contributed by atoms with E-state index in [-0.39, 0.29) is 31.3 Å². The number of pyridine rings is 1. The average molecular weight is 448 g/mol. The molecule has 1 atom stereocenters. The maximum absolute atomic E-state index is 12.7. The Balaban J connectivity index is 1.39. The first-order valence-electron chi connectivity index (χ1n) is 9.25. The van der Waals surface area contributed by atoms with E-state index in [2.05, 4.69) is 20.9 Å². The lowest BCUT2D eigenvalue weighted by Crippen LogP contribution is -2.52. The van der Waals surface area contributed by atoms with Crippen molar-refractivity contribution in [2.24, 2.45) is 0 Å². The molecule has 9 nitrogen and oxygen atoms in total. The zero-order valence-corrected chi connectivity index (χ0v) is 17.5. The second-order valence-electron chi connectivity index (χ2n) is 7.06. The zero-order chi connectivity index (χ0) is 21.4. The molecule has 4 rings (SSSR count). The molecule has 2 aliphatic heterocycles. The van der Waals surface area contributed by atoms with Crippen LogP contribution in [0, 0.1) is 6.92 Å². The summed E-state index contributed by atoms with van der Waals surface area (Å²) in [5.41, 5.74) is 2.14. The zero-order valence-electron chi connectivity index (χ0n) is 16.0. The number of anilines is 1. The summed E-state index contributed by atoms with van der Waals surface area (Å²) in [6, 6.07) is 2.30. The molecule has 1 unspecified atom stereocenters. The Labute approximate surface area is 180 Å². The van der Waals surface area contributed by atoms with E-state index >= 15 is 0 Å². The van der Waals surface area contributed by atoms with Crippen LogP contribution in [0.4, 0.5) is 10.6 Å². The van der Waals surface area contributed by atoms with Crippen LogP contribution in [0.2, 0.25) is 5.15 Å². The van der Waals surface area contributed by atoms with Crippen LogP contribution in [0.25, 0.3) is 0 Å². The van der Waals surface area contributed by atoms with Gasteiger partial charge in [-0.05, 0) is 30.5 Å². The van der Waals surface area contributed by atoms with Gasteiger partial charge in [0.25, 0.3) is 5.91 Å². The molecule has 2 aliphatic rings. The fourth-order valence-corrected chi connectivity index (χ4v) is 4.58. The maximum atomic E-state index is 12.7. The number of hydrogen-bond acceptors (Lipinski definition) is 6. The molecule has 4 heterocycles. The molecule has 3 N–H and O–H groups in total. The highest BCUT2D eigenvalue weighted by Crippen LogP contribution is 2.33. The summed E-state index contributed by atoms with van der Waals surface area (Å²) in [7, 11) is 0. The molecule has 0 aliphatic carbocycles. The van der Waals surface area contributed by atoms with Gasteiger partial charge in [-0.25, -0.2) is 9.78 Å². The van der Waals surface area contributed by atoms with Crippen LogP contribution < -0.4 is 16.0 Å². The second kappa shape index (κ2) is 8.04. The van der Waals surface area contributed by atoms with Crippen molar-refractivity contribution in [2.75, 3.05) is 5.32 Å². The summed E-state index contributed by atoms with van der Waals surface area (Å²) >= 11 is 7.34. The molecule has 0 bridgehead atoms. The molecule has 5 amide bonds. The normalized spacial score (nSPS) is 18.3. The van der Waals surface area contributed by atoms with Gasteiger partial charge in [-0.15, -0.1) is 11.3 Å². The summed E-state index contributed by atoms with van der Waals surface area (Å²) < 4.78 is 0. The van der Waals surface area contributed by atoms with Crippen LogP contribution in [0.3, 0.4) is 0 Å². The molecular weight excluding hydrogens is 430 g/mol. The Morgan fingerprint density at radius 1 is 1.37 bits per heavy atom. The molecule has 1 fully saturated rings. The largest absolute Gasteiger partial charge is 0.333 e. The van der Waals surface area contributed by atoms with Gasteiger partial charge in [0.05, 0.1) is 12.1 Å². The van der Waals surface area contributed by atoms with Crippen molar-refractivity contribution in [3.05, 3.63) is 44.2 Å². The number of carbonyl (C=O) groups excluding carboxylic acids is 4. The van der Waals surface area contributed by atoms with Crippen molar-refractivity contribution in [3.63, 3.8) is 0 Å². The Morgan fingerprint density at radius 2 is 2.17 bits per heavy atom. The lowest BCUT2D eigenvalue weighted by atomic mass is 10.0. The van der Waals surface area contributed by atoms with Gasteiger partial charge < -0.3 is 10.2 Å². The second-order valence-corrected chi connectivity index (χ2v) is 8.39. The topological polar surface area (TPSA) is 120 Å². The number of amides is 5. The molecule has 11 heteroatoms. The number of imide groups is 1. The fourth-order valence-electron chi connectivity index (χ4n) is 3.45. The summed E-state index contributed by atoms with van der Waals surface area (Å²) in [4.78, 5) is 54.8. The molecule has 0 aromatic carbocycles. The first kappa shape index (κ1) is 20.3. The highest BCUT2D eigenvalue weighted by atomic mass is 35.5. The Bertz CT molecular complexity index is 1070. The number of urea groups is 1. The van der Waals surface area contributed by atoms with Crippen LogP contribution in [-0.4, -0.2) is 39.7 Å². The van der Waals surface area contributed by atoms with E-state index in [0.717, 1.165) is 16.0 Å². The van der Waals surface area contributed by atoms with Gasteiger partial charge in [-0.2, -0.15) is 0 Å². The molecular formula is C19H18ClN5O4S. The minimum atomic E-state index is -0.658. The van der Waals surface area contributed by atoms with Gasteiger partial charge in [-0.3, -0.25) is 25.0 Å². The van der Waals surface area contributed by atoms with Gasteiger partial charge in [0.1, 0.15) is 17.0 Å². The van der Waals surface area contributed by atoms with E-state index in [1.54, 1.807) is 17.5 Å². The van der Waals surface area contributed by atoms with E-state index in [1.165, 1.54) is 16.2 Å². The summed E-state index contributed by atoms with van der Waals surface area (Å²) in [5, 5.41) is 9.69. The number of rotatable bonds is 4. The highest BCUT2D eigenvalue weighted by molar-refractivity contribution is 7.10. The SMILES string of the molecule is Cc1ccc(NC(=O)NCc2scc3c2CN(C2CCC(=O)NC2=O)C3=O)nc1Cl. The Morgan fingerprint density at radius 3 is 2.90 bits per heavy atom. The van der Waals surface area contributed by atoms with Crippen LogP contribution in [0.5, 0.6) is 0 Å².